The molecule has 2 amide bonds. The molecule has 4 rings (SSSR count). The number of hydrogen-bond acceptors (Lipinski definition) is 5. The molecule has 0 radical (unpaired) electrons. The highest BCUT2D eigenvalue weighted by atomic mass is 16.5. The third-order valence-electron chi connectivity index (χ3n) is 6.92. The van der Waals surface area contributed by atoms with Crippen LogP contribution in [-0.4, -0.2) is 55.0 Å². The molecule has 0 bridgehead atoms. The van der Waals surface area contributed by atoms with E-state index in [1.807, 2.05) is 50.2 Å². The minimum atomic E-state index is -1.11. The van der Waals surface area contributed by atoms with Crippen LogP contribution in [0.25, 0.3) is 11.1 Å². The quantitative estimate of drug-likeness (QED) is 0.533. The number of nitrogens with one attached hydrogen (secondary N) is 2. The third kappa shape index (κ3) is 5.03. The number of aliphatic carboxylic acids is 1. The number of benzene rings is 2. The maximum absolute atomic E-state index is 13.1. The van der Waals surface area contributed by atoms with Gasteiger partial charge in [0.15, 0.2) is 0 Å². The van der Waals surface area contributed by atoms with E-state index in [2.05, 4.69) is 22.8 Å². The standard InChI is InChI=1S/C27H32N2O6/c1-16(2)12-22(24(30)31)28-25(32)27(3)15-34-14-23(27)29-26(33)35-13-21-19-10-6-4-8-17(19)18-9-5-7-11-20(18)21/h4-11,16,21-23H,12-15H2,1-3H3,(H,28,32)(H,29,33)(H,30,31)/t22-,23?,27?/m1/s1. The maximum Gasteiger partial charge on any atom is 0.407 e. The zero-order valence-corrected chi connectivity index (χ0v) is 20.2. The van der Waals surface area contributed by atoms with E-state index in [4.69, 9.17) is 9.47 Å². The molecule has 1 saturated heterocycles. The van der Waals surface area contributed by atoms with Crippen molar-refractivity contribution >= 4 is 18.0 Å². The highest BCUT2D eigenvalue weighted by Gasteiger charge is 2.48. The van der Waals surface area contributed by atoms with E-state index in [1.165, 1.54) is 0 Å². The van der Waals surface area contributed by atoms with Crippen molar-refractivity contribution in [2.45, 2.75) is 45.2 Å². The molecule has 2 unspecified atom stereocenters. The van der Waals surface area contributed by atoms with E-state index in [9.17, 15) is 19.5 Å². The number of carboxylic acids is 1. The van der Waals surface area contributed by atoms with E-state index >= 15 is 0 Å². The van der Waals surface area contributed by atoms with Crippen molar-refractivity contribution in [2.75, 3.05) is 19.8 Å². The summed E-state index contributed by atoms with van der Waals surface area (Å²) in [6.45, 7) is 5.81. The Kier molecular flexibility index (Phi) is 7.12. The van der Waals surface area contributed by atoms with Crippen molar-refractivity contribution in [3.8, 4) is 11.1 Å². The predicted molar refractivity (Wildman–Crippen MR) is 130 cm³/mol. The molecule has 186 valence electrons. The van der Waals surface area contributed by atoms with Crippen molar-refractivity contribution in [2.24, 2.45) is 11.3 Å². The SMILES string of the molecule is CC(C)C[C@@H](NC(=O)C1(C)COCC1NC(=O)OCC1c2ccccc2-c2ccccc21)C(=O)O. The number of amides is 2. The highest BCUT2D eigenvalue weighted by Crippen LogP contribution is 2.44. The molecule has 8 nitrogen and oxygen atoms in total. The molecule has 0 aromatic heterocycles. The number of hydrogen-bond donors (Lipinski definition) is 3. The first-order valence-electron chi connectivity index (χ1n) is 11.9. The van der Waals surface area contributed by atoms with Crippen molar-refractivity contribution < 1.29 is 29.0 Å². The van der Waals surface area contributed by atoms with Gasteiger partial charge in [0.25, 0.3) is 0 Å². The summed E-state index contributed by atoms with van der Waals surface area (Å²) >= 11 is 0. The Labute approximate surface area is 205 Å². The van der Waals surface area contributed by atoms with E-state index in [0.717, 1.165) is 22.3 Å². The van der Waals surface area contributed by atoms with Gasteiger partial charge in [-0.15, -0.1) is 0 Å². The summed E-state index contributed by atoms with van der Waals surface area (Å²) in [5.41, 5.74) is 3.38. The molecule has 1 fully saturated rings. The first-order valence-corrected chi connectivity index (χ1v) is 11.9. The van der Waals surface area contributed by atoms with E-state index < -0.39 is 35.5 Å². The molecule has 1 aliphatic heterocycles. The van der Waals surface area contributed by atoms with Crippen molar-refractivity contribution in [1.82, 2.24) is 10.6 Å². The van der Waals surface area contributed by atoms with E-state index in [0.29, 0.717) is 6.42 Å². The van der Waals surface area contributed by atoms with Crippen molar-refractivity contribution in [3.05, 3.63) is 59.7 Å². The van der Waals surface area contributed by atoms with Gasteiger partial charge in [0, 0.05) is 5.92 Å². The summed E-state index contributed by atoms with van der Waals surface area (Å²) in [6, 6.07) is 14.5. The van der Waals surface area contributed by atoms with E-state index in [1.54, 1.807) is 6.92 Å². The molecule has 3 atom stereocenters. The van der Waals surface area contributed by atoms with Gasteiger partial charge in [0.1, 0.15) is 12.6 Å². The van der Waals surface area contributed by atoms with Crippen LogP contribution in [0.2, 0.25) is 0 Å². The zero-order valence-electron chi connectivity index (χ0n) is 20.2. The first kappa shape index (κ1) is 24.7. The average Bonchev–Trinajstić information content (AvgIpc) is 3.35. The predicted octanol–water partition coefficient (Wildman–Crippen LogP) is 3.55. The fourth-order valence-corrected chi connectivity index (χ4v) is 4.90. The lowest BCUT2D eigenvalue weighted by atomic mass is 9.83. The fraction of sp³-hybridized carbons (Fsp3) is 0.444. The van der Waals surface area contributed by atoms with Crippen LogP contribution >= 0.6 is 0 Å². The van der Waals surface area contributed by atoms with Gasteiger partial charge in [0.05, 0.1) is 24.7 Å². The molecule has 1 heterocycles. The lowest BCUT2D eigenvalue weighted by Gasteiger charge is -2.30. The van der Waals surface area contributed by atoms with Crippen LogP contribution in [0.5, 0.6) is 0 Å². The maximum atomic E-state index is 13.1. The van der Waals surface area contributed by atoms with Gasteiger partial charge in [-0.05, 0) is 41.5 Å². The summed E-state index contributed by atoms with van der Waals surface area (Å²) in [6.07, 6.45) is -0.332. The number of rotatable bonds is 8. The Morgan fingerprint density at radius 2 is 1.69 bits per heavy atom. The molecule has 2 aromatic rings. The summed E-state index contributed by atoms with van der Waals surface area (Å²) in [5.74, 6) is -1.53. The lowest BCUT2D eigenvalue weighted by Crippen LogP contribution is -2.56. The summed E-state index contributed by atoms with van der Waals surface area (Å²) in [7, 11) is 0. The van der Waals surface area contributed by atoms with Crippen molar-refractivity contribution in [3.63, 3.8) is 0 Å². The molecular weight excluding hydrogens is 448 g/mol. The molecule has 0 saturated carbocycles. The summed E-state index contributed by atoms with van der Waals surface area (Å²) in [4.78, 5) is 37.4. The van der Waals surface area contributed by atoms with Gasteiger partial charge in [-0.3, -0.25) is 4.79 Å². The second-order valence-electron chi connectivity index (χ2n) is 9.95. The second-order valence-corrected chi connectivity index (χ2v) is 9.95. The van der Waals surface area contributed by atoms with Crippen molar-refractivity contribution in [1.29, 1.82) is 0 Å². The minimum absolute atomic E-state index is 0.0706. The largest absolute Gasteiger partial charge is 0.480 e. The number of ether oxygens (including phenoxy) is 2. The second kappa shape index (κ2) is 10.1. The number of carboxylic acid groups (broad SMARTS) is 1. The Bertz CT molecular complexity index is 1070. The average molecular weight is 481 g/mol. The van der Waals surface area contributed by atoms with Gasteiger partial charge < -0.3 is 25.2 Å². The normalized spacial score (nSPS) is 21.8. The molecule has 1 aliphatic carbocycles. The van der Waals surface area contributed by atoms with Gasteiger partial charge in [0.2, 0.25) is 5.91 Å². The molecule has 2 aliphatic rings. The first-order chi connectivity index (χ1) is 16.7. The zero-order chi connectivity index (χ0) is 25.2. The van der Waals surface area contributed by atoms with Crippen LogP contribution in [0, 0.1) is 11.3 Å². The molecule has 0 spiro atoms. The Hall–Kier alpha value is -3.39. The Morgan fingerprint density at radius 3 is 2.26 bits per heavy atom. The summed E-state index contributed by atoms with van der Waals surface area (Å²) in [5, 5.41) is 14.9. The number of alkyl carbamates (subject to hydrolysis) is 1. The monoisotopic (exact) mass is 480 g/mol. The summed E-state index contributed by atoms with van der Waals surface area (Å²) < 4.78 is 11.1. The Morgan fingerprint density at radius 1 is 1.09 bits per heavy atom. The van der Waals surface area contributed by atoms with Crippen LogP contribution < -0.4 is 10.6 Å². The highest BCUT2D eigenvalue weighted by molar-refractivity contribution is 5.88. The van der Waals surface area contributed by atoms with Gasteiger partial charge in [-0.25, -0.2) is 9.59 Å². The lowest BCUT2D eigenvalue weighted by molar-refractivity contribution is -0.144. The van der Waals surface area contributed by atoms with Crippen LogP contribution in [0.1, 0.15) is 44.2 Å². The van der Waals surface area contributed by atoms with E-state index in [-0.39, 0.29) is 31.7 Å². The molecule has 8 heteroatoms. The Balaban J connectivity index is 1.40. The molecular formula is C27H32N2O6. The van der Waals surface area contributed by atoms with Gasteiger partial charge in [-0.1, -0.05) is 62.4 Å². The smallest absolute Gasteiger partial charge is 0.407 e. The molecule has 3 N–H and O–H groups in total. The fourth-order valence-electron chi connectivity index (χ4n) is 4.90. The molecule has 35 heavy (non-hydrogen) atoms. The molecule has 2 aromatic carbocycles. The number of carbonyl (C=O) groups is 3. The van der Waals surface area contributed by atoms with Gasteiger partial charge >= 0.3 is 12.1 Å². The van der Waals surface area contributed by atoms with Crippen LogP contribution in [0.15, 0.2) is 48.5 Å². The van der Waals surface area contributed by atoms with Crippen LogP contribution in [0.3, 0.4) is 0 Å². The van der Waals surface area contributed by atoms with Crippen LogP contribution in [0.4, 0.5) is 4.79 Å². The van der Waals surface area contributed by atoms with Gasteiger partial charge in [-0.2, -0.15) is 0 Å². The minimum Gasteiger partial charge on any atom is -0.480 e. The number of carbonyl (C=O) groups excluding carboxylic acids is 2. The topological polar surface area (TPSA) is 114 Å². The number of fused-ring (bicyclic) bond motifs is 3. The third-order valence-corrected chi connectivity index (χ3v) is 6.92. The van der Waals surface area contributed by atoms with Crippen LogP contribution in [-0.2, 0) is 19.1 Å².